The zero-order chi connectivity index (χ0) is 29.5. The van der Waals surface area contributed by atoms with Gasteiger partial charge < -0.3 is 13.6 Å². The lowest BCUT2D eigenvalue weighted by molar-refractivity contribution is 0.669. The highest BCUT2D eigenvalue weighted by molar-refractivity contribution is 6.15. The first-order chi connectivity index (χ1) is 22.3. The molecule has 0 aliphatic heterocycles. The Morgan fingerprint density at radius 1 is 0.356 bits per heavy atom. The largest absolute Gasteiger partial charge is 0.456 e. The van der Waals surface area contributed by atoms with Crippen molar-refractivity contribution in [2.75, 3.05) is 0 Å². The van der Waals surface area contributed by atoms with Crippen LogP contribution in [0.15, 0.2) is 162 Å². The van der Waals surface area contributed by atoms with Gasteiger partial charge in [-0.2, -0.15) is 0 Å². The van der Waals surface area contributed by atoms with Crippen molar-refractivity contribution in [2.24, 2.45) is 0 Å². The van der Waals surface area contributed by atoms with Crippen LogP contribution in [0.25, 0.3) is 88.1 Å². The fraction of sp³-hybridized carbons (Fsp3) is 0. The maximum Gasteiger partial charge on any atom is 0.137 e. The van der Waals surface area contributed by atoms with Crippen LogP contribution in [-0.2, 0) is 0 Å². The summed E-state index contributed by atoms with van der Waals surface area (Å²) in [6, 6.07) is 56.5. The first kappa shape index (κ1) is 24.4. The van der Waals surface area contributed by atoms with Crippen molar-refractivity contribution in [3.63, 3.8) is 0 Å². The Kier molecular flexibility index (Phi) is 5.00. The van der Waals surface area contributed by atoms with Gasteiger partial charge in [0.2, 0.25) is 0 Å². The van der Waals surface area contributed by atoms with Crippen molar-refractivity contribution in [3.8, 4) is 22.5 Å². The lowest BCUT2D eigenvalue weighted by Crippen LogP contribution is -1.95. The number of nitrogens with zero attached hydrogens (tertiary/aromatic N) is 2. The second-order valence-electron chi connectivity index (χ2n) is 11.8. The highest BCUT2D eigenvalue weighted by Gasteiger charge is 2.19. The Morgan fingerprint density at radius 2 is 0.978 bits per heavy atom. The summed E-state index contributed by atoms with van der Waals surface area (Å²) in [5.41, 5.74) is 11.2. The molecule has 7 aromatic carbocycles. The minimum Gasteiger partial charge on any atom is -0.456 e. The Morgan fingerprint density at radius 3 is 1.71 bits per heavy atom. The summed E-state index contributed by atoms with van der Waals surface area (Å²) in [4.78, 5) is 0. The highest BCUT2D eigenvalue weighted by atomic mass is 16.3. The molecule has 10 rings (SSSR count). The predicted molar refractivity (Wildman–Crippen MR) is 188 cm³/mol. The molecule has 0 radical (unpaired) electrons. The van der Waals surface area contributed by atoms with E-state index in [2.05, 4.69) is 167 Å². The fourth-order valence-corrected chi connectivity index (χ4v) is 7.36. The van der Waals surface area contributed by atoms with Crippen LogP contribution >= 0.6 is 0 Å². The van der Waals surface area contributed by atoms with Gasteiger partial charge in [-0.1, -0.05) is 97.1 Å². The van der Waals surface area contributed by atoms with E-state index in [1.54, 1.807) is 0 Å². The van der Waals surface area contributed by atoms with Crippen LogP contribution in [0, 0.1) is 0 Å². The number of rotatable bonds is 3. The summed E-state index contributed by atoms with van der Waals surface area (Å²) in [5.74, 6) is 0. The van der Waals surface area contributed by atoms with Crippen molar-refractivity contribution in [3.05, 3.63) is 158 Å². The van der Waals surface area contributed by atoms with Gasteiger partial charge >= 0.3 is 0 Å². The first-order valence-corrected chi connectivity index (χ1v) is 15.4. The number of benzene rings is 7. The van der Waals surface area contributed by atoms with Crippen LogP contribution in [0.5, 0.6) is 0 Å². The summed E-state index contributed by atoms with van der Waals surface area (Å²) < 4.78 is 11.3. The van der Waals surface area contributed by atoms with Crippen molar-refractivity contribution >= 4 is 65.6 Å². The molecule has 0 saturated carbocycles. The van der Waals surface area contributed by atoms with Gasteiger partial charge in [0.05, 0.1) is 33.1 Å². The molecule has 0 bridgehead atoms. The van der Waals surface area contributed by atoms with Gasteiger partial charge in [0.15, 0.2) is 0 Å². The molecule has 0 aliphatic carbocycles. The molecule has 3 nitrogen and oxygen atoms in total. The van der Waals surface area contributed by atoms with Crippen molar-refractivity contribution in [2.45, 2.75) is 0 Å². The van der Waals surface area contributed by atoms with Crippen LogP contribution in [0.4, 0.5) is 0 Å². The minimum absolute atomic E-state index is 0.883. The van der Waals surface area contributed by atoms with Crippen molar-refractivity contribution < 1.29 is 4.42 Å². The third-order valence-electron chi connectivity index (χ3n) is 9.32. The second-order valence-corrected chi connectivity index (χ2v) is 11.8. The normalized spacial score (nSPS) is 12.0. The summed E-state index contributed by atoms with van der Waals surface area (Å²) in [5, 5.41) is 7.21. The molecular formula is C42H26N2O. The van der Waals surface area contributed by atoms with E-state index in [9.17, 15) is 0 Å². The average Bonchev–Trinajstić information content (AvgIpc) is 3.76. The summed E-state index contributed by atoms with van der Waals surface area (Å²) >= 11 is 0. The van der Waals surface area contributed by atoms with E-state index in [1.165, 1.54) is 54.7 Å². The van der Waals surface area contributed by atoms with Gasteiger partial charge in [-0.3, -0.25) is 0 Å². The molecule has 3 heterocycles. The highest BCUT2D eigenvalue weighted by Crippen LogP contribution is 2.40. The summed E-state index contributed by atoms with van der Waals surface area (Å²) in [6.45, 7) is 0. The Bertz CT molecular complexity index is 2710. The number of furan rings is 1. The maximum absolute atomic E-state index is 6.50. The molecule has 0 amide bonds. The number of aromatic nitrogens is 2. The predicted octanol–water partition coefficient (Wildman–Crippen LogP) is 11.4. The molecule has 0 aliphatic rings. The van der Waals surface area contributed by atoms with E-state index in [4.69, 9.17) is 4.42 Å². The third-order valence-corrected chi connectivity index (χ3v) is 9.32. The number of para-hydroxylation sites is 3. The van der Waals surface area contributed by atoms with Crippen LogP contribution < -0.4 is 0 Å². The molecule has 0 N–H and O–H groups in total. The molecule has 0 unspecified atom stereocenters. The third kappa shape index (κ3) is 3.46. The summed E-state index contributed by atoms with van der Waals surface area (Å²) in [6.07, 6.45) is 0. The van der Waals surface area contributed by atoms with E-state index in [0.29, 0.717) is 0 Å². The smallest absolute Gasteiger partial charge is 0.137 e. The van der Waals surface area contributed by atoms with Gasteiger partial charge in [0.1, 0.15) is 11.2 Å². The van der Waals surface area contributed by atoms with Gasteiger partial charge in [-0.25, -0.2) is 0 Å². The number of hydrogen-bond donors (Lipinski definition) is 0. The second kappa shape index (κ2) is 9.22. The molecule has 0 spiro atoms. The molecule has 0 atom stereocenters. The van der Waals surface area contributed by atoms with Gasteiger partial charge in [-0.15, -0.1) is 0 Å². The maximum atomic E-state index is 6.50. The SMILES string of the molecule is c1ccc(-c2ccc3c(c2)c2ccccc2n3-c2ccc3oc4cccc(-n5c6ccccc6c6ccccc65)c4c3c2)cc1. The molecule has 0 saturated heterocycles. The Hall–Kier alpha value is -6.06. The van der Waals surface area contributed by atoms with Crippen LogP contribution in [0.3, 0.4) is 0 Å². The zero-order valence-corrected chi connectivity index (χ0v) is 24.3. The molecule has 45 heavy (non-hydrogen) atoms. The van der Waals surface area contributed by atoms with E-state index < -0.39 is 0 Å². The lowest BCUT2D eigenvalue weighted by atomic mass is 10.0. The molecule has 10 aromatic rings. The van der Waals surface area contributed by atoms with Gasteiger partial charge in [0, 0.05) is 32.6 Å². The van der Waals surface area contributed by atoms with E-state index in [0.717, 1.165) is 33.3 Å². The van der Waals surface area contributed by atoms with Crippen LogP contribution in [0.2, 0.25) is 0 Å². The first-order valence-electron chi connectivity index (χ1n) is 15.4. The molecule has 3 heteroatoms. The Labute approximate surface area is 258 Å². The average molecular weight is 575 g/mol. The lowest BCUT2D eigenvalue weighted by Gasteiger charge is -2.11. The number of hydrogen-bond acceptors (Lipinski definition) is 1. The van der Waals surface area contributed by atoms with E-state index in [-0.39, 0.29) is 0 Å². The molecule has 210 valence electrons. The number of fused-ring (bicyclic) bond motifs is 9. The quantitative estimate of drug-likeness (QED) is 0.206. The molecular weight excluding hydrogens is 548 g/mol. The molecule has 3 aromatic heterocycles. The van der Waals surface area contributed by atoms with Gasteiger partial charge in [-0.05, 0) is 71.8 Å². The standard InChI is InChI=1S/C42H26N2O/c1-2-11-27(12-3-1)28-21-23-38-33(25-28)32-15-6-7-16-35(32)43(38)29-22-24-40-34(26-29)42-39(19-10-20-41(42)45-40)44-36-17-8-4-13-30(36)31-14-5-9-18-37(31)44/h1-26H. The van der Waals surface area contributed by atoms with Crippen molar-refractivity contribution in [1.29, 1.82) is 0 Å². The monoisotopic (exact) mass is 574 g/mol. The zero-order valence-electron chi connectivity index (χ0n) is 24.3. The van der Waals surface area contributed by atoms with E-state index >= 15 is 0 Å². The molecule has 0 fully saturated rings. The topological polar surface area (TPSA) is 23.0 Å². The minimum atomic E-state index is 0.883. The van der Waals surface area contributed by atoms with Crippen LogP contribution in [-0.4, -0.2) is 9.13 Å². The fourth-order valence-electron chi connectivity index (χ4n) is 7.36. The van der Waals surface area contributed by atoms with E-state index in [1.807, 2.05) is 0 Å². The van der Waals surface area contributed by atoms with Crippen LogP contribution in [0.1, 0.15) is 0 Å². The Balaban J connectivity index is 1.26. The summed E-state index contributed by atoms with van der Waals surface area (Å²) in [7, 11) is 0. The van der Waals surface area contributed by atoms with Gasteiger partial charge in [0.25, 0.3) is 0 Å². The van der Waals surface area contributed by atoms with Crippen molar-refractivity contribution in [1.82, 2.24) is 9.13 Å².